The molecule has 0 bridgehead atoms. The van der Waals surface area contributed by atoms with Crippen molar-refractivity contribution in [3.63, 3.8) is 0 Å². The Balaban J connectivity index is 2.02. The van der Waals surface area contributed by atoms with Crippen molar-refractivity contribution >= 4 is 34.1 Å². The van der Waals surface area contributed by atoms with Crippen LogP contribution in [-0.4, -0.2) is 11.4 Å². The molecule has 0 atom stereocenters. The van der Waals surface area contributed by atoms with E-state index in [2.05, 4.69) is 95.2 Å². The first kappa shape index (κ1) is 25.1. The first-order chi connectivity index (χ1) is 15.4. The Kier molecular flexibility index (Phi) is 7.14. The van der Waals surface area contributed by atoms with Crippen LogP contribution in [0, 0.1) is 69.2 Å². The van der Waals surface area contributed by atoms with Gasteiger partial charge in [-0.05, 0) is 151 Å². The Morgan fingerprint density at radius 3 is 0.970 bits per heavy atom. The summed E-state index contributed by atoms with van der Waals surface area (Å²) in [4.78, 5) is 12.6. The number of hydrogen-bond acceptors (Lipinski definition) is 3. The van der Waals surface area contributed by atoms with Crippen LogP contribution in [0.15, 0.2) is 22.1 Å². The monoisotopic (exact) mass is 458 g/mol. The van der Waals surface area contributed by atoms with Gasteiger partial charge in [0.25, 0.3) is 0 Å². The van der Waals surface area contributed by atoms with Crippen LogP contribution in [0.4, 0.5) is 11.4 Å². The highest BCUT2D eigenvalue weighted by atomic mass is 32.1. The highest BCUT2D eigenvalue weighted by Crippen LogP contribution is 2.35. The predicted octanol–water partition coefficient (Wildman–Crippen LogP) is 9.11. The molecule has 33 heavy (non-hydrogen) atoms. The number of nitrogens with zero attached hydrogens (tertiary/aromatic N) is 2. The van der Waals surface area contributed by atoms with Gasteiger partial charge >= 0.3 is 0 Å². The minimum absolute atomic E-state index is 1.06. The Bertz CT molecular complexity index is 1160. The fourth-order valence-corrected chi connectivity index (χ4v) is 5.36. The second-order valence-electron chi connectivity index (χ2n) is 9.51. The summed E-state index contributed by atoms with van der Waals surface area (Å²) >= 11 is 1.77. The smallest absolute Gasteiger partial charge is 0.0697 e. The fraction of sp³-hybridized carbons (Fsp3) is 0.400. The number of aliphatic imine (C=N–C) groups is 2. The third-order valence-corrected chi connectivity index (χ3v) is 9.10. The van der Waals surface area contributed by atoms with Gasteiger partial charge in [0.2, 0.25) is 0 Å². The Morgan fingerprint density at radius 2 is 0.697 bits per heavy atom. The number of hydrogen-bond donors (Lipinski definition) is 0. The molecular weight excluding hydrogens is 420 g/mol. The van der Waals surface area contributed by atoms with Gasteiger partial charge < -0.3 is 0 Å². The number of rotatable bonds is 4. The lowest BCUT2D eigenvalue weighted by atomic mass is 9.93. The lowest BCUT2D eigenvalue weighted by molar-refractivity contribution is 1.16. The lowest BCUT2D eigenvalue weighted by Gasteiger charge is -2.16. The molecule has 2 aromatic carbocycles. The van der Waals surface area contributed by atoms with Gasteiger partial charge in [0.15, 0.2) is 0 Å². The molecule has 3 rings (SSSR count). The van der Waals surface area contributed by atoms with Gasteiger partial charge in [-0.25, -0.2) is 0 Å². The van der Waals surface area contributed by atoms with E-state index in [-0.39, 0.29) is 0 Å². The van der Waals surface area contributed by atoms with Crippen LogP contribution in [0.5, 0.6) is 0 Å². The molecule has 0 aliphatic carbocycles. The molecule has 0 spiro atoms. The van der Waals surface area contributed by atoms with Crippen molar-refractivity contribution in [1.82, 2.24) is 0 Å². The molecule has 3 aromatic rings. The number of thiophene rings is 1. The van der Waals surface area contributed by atoms with Gasteiger partial charge in [0, 0.05) is 9.75 Å². The van der Waals surface area contributed by atoms with Crippen LogP contribution < -0.4 is 0 Å². The summed E-state index contributed by atoms with van der Waals surface area (Å²) in [6.45, 7) is 26.2. The van der Waals surface area contributed by atoms with E-state index in [4.69, 9.17) is 9.98 Å². The molecule has 0 N–H and O–H groups in total. The van der Waals surface area contributed by atoms with E-state index in [1.807, 2.05) is 0 Å². The van der Waals surface area contributed by atoms with Crippen LogP contribution in [0.3, 0.4) is 0 Å². The Labute approximate surface area is 204 Å². The van der Waals surface area contributed by atoms with Gasteiger partial charge in [0.05, 0.1) is 22.8 Å². The first-order valence-electron chi connectivity index (χ1n) is 11.7. The van der Waals surface area contributed by atoms with Crippen molar-refractivity contribution in [2.75, 3.05) is 0 Å². The van der Waals surface area contributed by atoms with Crippen molar-refractivity contribution in [3.8, 4) is 0 Å². The minimum atomic E-state index is 1.06. The zero-order valence-corrected chi connectivity index (χ0v) is 23.3. The van der Waals surface area contributed by atoms with E-state index in [0.29, 0.717) is 0 Å². The zero-order chi connectivity index (χ0) is 24.8. The molecule has 1 aromatic heterocycles. The number of benzene rings is 2. The molecule has 0 amide bonds. The summed E-state index contributed by atoms with van der Waals surface area (Å²) in [6, 6.07) is 4.36. The maximum absolute atomic E-state index is 5.10. The maximum atomic E-state index is 5.10. The normalized spacial score (nSPS) is 12.6. The second-order valence-corrected chi connectivity index (χ2v) is 10.6. The molecule has 3 heteroatoms. The van der Waals surface area contributed by atoms with Crippen LogP contribution in [0.25, 0.3) is 0 Å². The minimum Gasteiger partial charge on any atom is -0.252 e. The molecular formula is C30H38N2S. The predicted molar refractivity (Wildman–Crippen MR) is 148 cm³/mol. The van der Waals surface area contributed by atoms with Crippen LogP contribution in [0.2, 0.25) is 0 Å². The molecule has 0 aliphatic rings. The molecule has 0 radical (unpaired) electrons. The lowest BCUT2D eigenvalue weighted by Crippen LogP contribution is -1.98. The van der Waals surface area contributed by atoms with E-state index in [0.717, 1.165) is 22.8 Å². The summed E-state index contributed by atoms with van der Waals surface area (Å²) in [5, 5.41) is 0. The van der Waals surface area contributed by atoms with Gasteiger partial charge in [-0.15, -0.1) is 11.3 Å². The molecule has 2 nitrogen and oxygen atoms in total. The summed E-state index contributed by atoms with van der Waals surface area (Å²) in [6.07, 6.45) is 0. The third-order valence-electron chi connectivity index (χ3n) is 7.80. The van der Waals surface area contributed by atoms with Crippen molar-refractivity contribution < 1.29 is 0 Å². The van der Waals surface area contributed by atoms with Crippen molar-refractivity contribution in [2.45, 2.75) is 83.1 Å². The van der Waals surface area contributed by atoms with Crippen LogP contribution >= 0.6 is 11.3 Å². The second kappa shape index (κ2) is 9.38. The van der Waals surface area contributed by atoms with E-state index < -0.39 is 0 Å². The Morgan fingerprint density at radius 1 is 0.455 bits per heavy atom. The third kappa shape index (κ3) is 4.48. The summed E-state index contributed by atoms with van der Waals surface area (Å²) in [5.74, 6) is 0. The van der Waals surface area contributed by atoms with Crippen LogP contribution in [0.1, 0.15) is 79.2 Å². The van der Waals surface area contributed by atoms with E-state index in [1.54, 1.807) is 11.3 Å². The van der Waals surface area contributed by atoms with Crippen LogP contribution in [-0.2, 0) is 0 Å². The highest BCUT2D eigenvalue weighted by Gasteiger charge is 2.15. The van der Waals surface area contributed by atoms with Gasteiger partial charge in [-0.3, -0.25) is 9.98 Å². The zero-order valence-electron chi connectivity index (χ0n) is 22.5. The van der Waals surface area contributed by atoms with Crippen molar-refractivity contribution in [3.05, 3.63) is 77.5 Å². The van der Waals surface area contributed by atoms with E-state index >= 15 is 0 Å². The maximum Gasteiger partial charge on any atom is 0.0697 e. The molecule has 0 saturated heterocycles. The average molecular weight is 459 g/mol. The van der Waals surface area contributed by atoms with Crippen molar-refractivity contribution in [1.29, 1.82) is 0 Å². The van der Waals surface area contributed by atoms with Gasteiger partial charge in [-0.1, -0.05) is 0 Å². The first-order valence-corrected chi connectivity index (χ1v) is 12.5. The summed E-state index contributed by atoms with van der Waals surface area (Å²) in [5.41, 5.74) is 17.6. The van der Waals surface area contributed by atoms with Gasteiger partial charge in [0.1, 0.15) is 0 Å². The topological polar surface area (TPSA) is 24.7 Å². The van der Waals surface area contributed by atoms with Crippen molar-refractivity contribution in [2.24, 2.45) is 9.98 Å². The Hall–Kier alpha value is -2.52. The summed E-state index contributed by atoms with van der Waals surface area (Å²) in [7, 11) is 0. The quantitative estimate of drug-likeness (QED) is 0.348. The molecule has 1 heterocycles. The van der Waals surface area contributed by atoms with E-state index in [1.165, 1.54) is 65.4 Å². The largest absolute Gasteiger partial charge is 0.252 e. The standard InChI is InChI=1S/C30H38N2S/c1-15-17(3)21(7)29(22(8)18(15)4)31-25(11)27-13-14-28(33-27)26(12)32-30-23(9)19(5)16(2)20(6)24(30)10/h13-14H,1-12H3/b31-25+,32-26+. The molecule has 0 fully saturated rings. The molecule has 0 saturated carbocycles. The SMILES string of the molecule is C/C(=N\c1c(C)c(C)c(C)c(C)c1C)c1ccc(/C(C)=N/c2c(C)c(C)c(C)c(C)c2C)s1. The fourth-order valence-electron chi connectivity index (χ4n) is 4.47. The highest BCUT2D eigenvalue weighted by molar-refractivity contribution is 7.16. The molecule has 174 valence electrons. The molecule has 0 aliphatic heterocycles. The van der Waals surface area contributed by atoms with E-state index in [9.17, 15) is 0 Å². The molecule has 0 unspecified atom stereocenters. The van der Waals surface area contributed by atoms with Gasteiger partial charge in [-0.2, -0.15) is 0 Å². The average Bonchev–Trinajstić information content (AvgIpc) is 3.30. The summed E-state index contributed by atoms with van der Waals surface area (Å²) < 4.78 is 0.